The van der Waals surface area contributed by atoms with E-state index >= 15 is 0 Å². The Bertz CT molecular complexity index is 326. The molecular formula is C15H20. The van der Waals surface area contributed by atoms with E-state index in [4.69, 9.17) is 12.8 Å². The minimum absolute atomic E-state index is 0.159. The van der Waals surface area contributed by atoms with Crippen LogP contribution in [0.2, 0.25) is 0 Å². The van der Waals surface area contributed by atoms with E-state index in [2.05, 4.69) is 44.5 Å². The molecule has 0 aromatic rings. The quantitative estimate of drug-likeness (QED) is 0.611. The molecule has 0 rings (SSSR count). The largest absolute Gasteiger partial charge is 0.120 e. The highest BCUT2D eigenvalue weighted by atomic mass is 14.3. The van der Waals surface area contributed by atoms with Gasteiger partial charge in [-0.3, -0.25) is 0 Å². The van der Waals surface area contributed by atoms with Gasteiger partial charge in [0.25, 0.3) is 0 Å². The van der Waals surface area contributed by atoms with Gasteiger partial charge in [0.2, 0.25) is 0 Å². The second-order valence-corrected chi connectivity index (χ2v) is 4.37. The van der Waals surface area contributed by atoms with Crippen LogP contribution in [0.3, 0.4) is 0 Å². The Balaban J connectivity index is 4.58. The van der Waals surface area contributed by atoms with E-state index in [1.54, 1.807) is 0 Å². The summed E-state index contributed by atoms with van der Waals surface area (Å²) in [7, 11) is 0. The molecule has 0 aromatic heterocycles. The van der Waals surface area contributed by atoms with E-state index < -0.39 is 0 Å². The summed E-state index contributed by atoms with van der Waals surface area (Å²) >= 11 is 0. The van der Waals surface area contributed by atoms with Gasteiger partial charge in [0.05, 0.1) is 0 Å². The second-order valence-electron chi connectivity index (χ2n) is 4.37. The fourth-order valence-corrected chi connectivity index (χ4v) is 1.50. The molecule has 0 fully saturated rings. The zero-order valence-electron chi connectivity index (χ0n) is 10.2. The first-order valence-electron chi connectivity index (χ1n) is 5.33. The van der Waals surface area contributed by atoms with Crippen LogP contribution >= 0.6 is 0 Å². The average molecular weight is 200 g/mol. The molecule has 0 aliphatic carbocycles. The van der Waals surface area contributed by atoms with Gasteiger partial charge in [-0.15, -0.1) is 30.6 Å². The van der Waals surface area contributed by atoms with Crippen molar-refractivity contribution in [2.24, 2.45) is 17.3 Å². The van der Waals surface area contributed by atoms with Gasteiger partial charge in [-0.05, 0) is 26.2 Å². The van der Waals surface area contributed by atoms with E-state index in [1.165, 1.54) is 0 Å². The van der Waals surface area contributed by atoms with Gasteiger partial charge in [-0.2, -0.15) is 0 Å². The molecule has 0 heteroatoms. The van der Waals surface area contributed by atoms with E-state index in [0.717, 1.165) is 12.8 Å². The van der Waals surface area contributed by atoms with Crippen molar-refractivity contribution in [1.29, 1.82) is 0 Å². The third kappa shape index (κ3) is 4.14. The second kappa shape index (κ2) is 6.22. The van der Waals surface area contributed by atoms with E-state index in [1.807, 2.05) is 6.92 Å². The SMILES string of the molecule is C#CC(C)CC(C)C(C)(C#C)CC#CC. The molecule has 0 radical (unpaired) electrons. The molecule has 0 spiro atoms. The zero-order valence-corrected chi connectivity index (χ0v) is 10.2. The first-order valence-corrected chi connectivity index (χ1v) is 5.33. The Kier molecular flexibility index (Phi) is 5.67. The third-order valence-electron chi connectivity index (χ3n) is 3.04. The Morgan fingerprint density at radius 2 is 1.87 bits per heavy atom. The highest BCUT2D eigenvalue weighted by Crippen LogP contribution is 2.34. The molecule has 0 heterocycles. The van der Waals surface area contributed by atoms with Crippen LogP contribution in [0.5, 0.6) is 0 Å². The lowest BCUT2D eigenvalue weighted by Crippen LogP contribution is -2.24. The van der Waals surface area contributed by atoms with Crippen LogP contribution in [0.15, 0.2) is 0 Å². The van der Waals surface area contributed by atoms with Crippen molar-refractivity contribution in [3.8, 4) is 36.5 Å². The molecule has 3 atom stereocenters. The van der Waals surface area contributed by atoms with Crippen LogP contribution in [-0.4, -0.2) is 0 Å². The van der Waals surface area contributed by atoms with Gasteiger partial charge >= 0.3 is 0 Å². The predicted molar refractivity (Wildman–Crippen MR) is 66.8 cm³/mol. The molecular weight excluding hydrogens is 180 g/mol. The molecule has 0 aliphatic heterocycles. The first kappa shape index (κ1) is 13.7. The monoisotopic (exact) mass is 200 g/mol. The van der Waals surface area contributed by atoms with Crippen LogP contribution < -0.4 is 0 Å². The molecule has 0 saturated carbocycles. The molecule has 0 aromatic carbocycles. The van der Waals surface area contributed by atoms with Crippen molar-refractivity contribution in [2.45, 2.75) is 40.5 Å². The van der Waals surface area contributed by atoms with Crippen LogP contribution in [0.25, 0.3) is 0 Å². The highest BCUT2D eigenvalue weighted by molar-refractivity contribution is 5.13. The number of rotatable bonds is 4. The maximum atomic E-state index is 5.60. The van der Waals surface area contributed by atoms with Crippen molar-refractivity contribution in [1.82, 2.24) is 0 Å². The summed E-state index contributed by atoms with van der Waals surface area (Å²) < 4.78 is 0. The number of hydrogen-bond donors (Lipinski definition) is 0. The van der Waals surface area contributed by atoms with Crippen LogP contribution in [-0.2, 0) is 0 Å². The predicted octanol–water partition coefficient (Wildman–Crippen LogP) is 3.33. The Morgan fingerprint density at radius 3 is 2.27 bits per heavy atom. The standard InChI is InChI=1S/C15H20/c1-7-10-11-15(6,9-3)14(5)12-13(4)8-2/h2-3,13-14H,11-12H2,1,4-6H3. The van der Waals surface area contributed by atoms with E-state index in [9.17, 15) is 0 Å². The molecule has 15 heavy (non-hydrogen) atoms. The van der Waals surface area contributed by atoms with E-state index in [-0.39, 0.29) is 11.3 Å². The smallest absolute Gasteiger partial charge is 0.0418 e. The maximum absolute atomic E-state index is 5.60. The Hall–Kier alpha value is -1.32. The van der Waals surface area contributed by atoms with Gasteiger partial charge in [0.15, 0.2) is 0 Å². The fourth-order valence-electron chi connectivity index (χ4n) is 1.50. The summed E-state index contributed by atoms with van der Waals surface area (Å²) in [6, 6.07) is 0. The van der Waals surface area contributed by atoms with Crippen molar-refractivity contribution in [3.63, 3.8) is 0 Å². The summed E-state index contributed by atoms with van der Waals surface area (Å²) in [4.78, 5) is 0. The molecule has 0 aliphatic rings. The summed E-state index contributed by atoms with van der Waals surface area (Å²) in [5.74, 6) is 12.3. The van der Waals surface area contributed by atoms with Crippen LogP contribution in [0, 0.1) is 53.8 Å². The molecule has 0 amide bonds. The van der Waals surface area contributed by atoms with Gasteiger partial charge < -0.3 is 0 Å². The van der Waals surface area contributed by atoms with Crippen LogP contribution in [0.4, 0.5) is 0 Å². The topological polar surface area (TPSA) is 0 Å². The fraction of sp³-hybridized carbons (Fsp3) is 0.600. The zero-order chi connectivity index (χ0) is 11.9. The maximum Gasteiger partial charge on any atom is 0.0418 e. The van der Waals surface area contributed by atoms with Gasteiger partial charge in [-0.1, -0.05) is 19.8 Å². The number of terminal acetylenes is 2. The summed E-state index contributed by atoms with van der Waals surface area (Å²) in [6.45, 7) is 8.14. The molecule has 0 bridgehead atoms. The molecule has 80 valence electrons. The van der Waals surface area contributed by atoms with E-state index in [0.29, 0.717) is 5.92 Å². The van der Waals surface area contributed by atoms with Gasteiger partial charge in [0, 0.05) is 17.8 Å². The van der Waals surface area contributed by atoms with Crippen molar-refractivity contribution < 1.29 is 0 Å². The van der Waals surface area contributed by atoms with Crippen molar-refractivity contribution in [2.75, 3.05) is 0 Å². The van der Waals surface area contributed by atoms with Crippen LogP contribution in [0.1, 0.15) is 40.5 Å². The lowest BCUT2D eigenvalue weighted by Gasteiger charge is -2.29. The summed E-state index contributed by atoms with van der Waals surface area (Å²) in [5.41, 5.74) is -0.159. The molecule has 0 saturated heterocycles. The summed E-state index contributed by atoms with van der Waals surface area (Å²) in [6.07, 6.45) is 12.7. The lowest BCUT2D eigenvalue weighted by atomic mass is 9.73. The summed E-state index contributed by atoms with van der Waals surface area (Å²) in [5, 5.41) is 0. The Morgan fingerprint density at radius 1 is 1.27 bits per heavy atom. The molecule has 0 N–H and O–H groups in total. The lowest BCUT2D eigenvalue weighted by molar-refractivity contribution is 0.264. The Labute approximate surface area is 94.8 Å². The molecule has 3 unspecified atom stereocenters. The van der Waals surface area contributed by atoms with Gasteiger partial charge in [-0.25, -0.2) is 0 Å². The minimum atomic E-state index is -0.159. The third-order valence-corrected chi connectivity index (χ3v) is 3.04. The minimum Gasteiger partial charge on any atom is -0.120 e. The van der Waals surface area contributed by atoms with Crippen molar-refractivity contribution in [3.05, 3.63) is 0 Å². The average Bonchev–Trinajstić information content (AvgIpc) is 2.25. The number of hydrogen-bond acceptors (Lipinski definition) is 0. The normalized spacial score (nSPS) is 17.2. The van der Waals surface area contributed by atoms with Crippen molar-refractivity contribution >= 4 is 0 Å². The molecule has 0 nitrogen and oxygen atoms in total. The highest BCUT2D eigenvalue weighted by Gasteiger charge is 2.28. The van der Waals surface area contributed by atoms with Gasteiger partial charge in [0.1, 0.15) is 0 Å². The first-order chi connectivity index (χ1) is 7.00.